The Morgan fingerprint density at radius 3 is 2.54 bits per heavy atom. The largest absolute Gasteiger partial charge is 0.463 e. The van der Waals surface area contributed by atoms with Gasteiger partial charge in [-0.1, -0.05) is 30.1 Å². The SMILES string of the molecule is CCCOC(=O)c1ccc2c(c1)OC(c1cc(Cl)cc(Cl)c1)N2N1CCCC1. The number of hydrogen-bond donors (Lipinski definition) is 0. The zero-order valence-electron chi connectivity index (χ0n) is 15.7. The molecule has 28 heavy (non-hydrogen) atoms. The quantitative estimate of drug-likeness (QED) is 0.599. The molecule has 1 unspecified atom stereocenters. The number of benzene rings is 2. The fraction of sp³-hybridized carbons (Fsp3) is 0.381. The summed E-state index contributed by atoms with van der Waals surface area (Å²) in [5, 5.41) is 5.55. The molecule has 2 aliphatic rings. The van der Waals surface area contributed by atoms with Gasteiger partial charge in [0.15, 0.2) is 0 Å². The van der Waals surface area contributed by atoms with E-state index < -0.39 is 0 Å². The molecule has 0 saturated carbocycles. The third-order valence-electron chi connectivity index (χ3n) is 4.90. The van der Waals surface area contributed by atoms with Gasteiger partial charge in [-0.3, -0.25) is 5.01 Å². The maximum absolute atomic E-state index is 12.2. The lowest BCUT2D eigenvalue weighted by molar-refractivity contribution is 0.0504. The molecule has 7 heteroatoms. The van der Waals surface area contributed by atoms with Crippen molar-refractivity contribution < 1.29 is 14.3 Å². The summed E-state index contributed by atoms with van der Waals surface area (Å²) < 4.78 is 11.5. The number of nitrogens with zero attached hydrogens (tertiary/aromatic N) is 2. The van der Waals surface area contributed by atoms with E-state index in [0.29, 0.717) is 28.0 Å². The van der Waals surface area contributed by atoms with Crippen LogP contribution >= 0.6 is 23.2 Å². The molecule has 0 aromatic heterocycles. The van der Waals surface area contributed by atoms with Crippen LogP contribution in [-0.2, 0) is 4.74 Å². The zero-order chi connectivity index (χ0) is 19.7. The zero-order valence-corrected chi connectivity index (χ0v) is 17.2. The van der Waals surface area contributed by atoms with Gasteiger partial charge >= 0.3 is 5.97 Å². The van der Waals surface area contributed by atoms with Crippen molar-refractivity contribution >= 4 is 34.9 Å². The topological polar surface area (TPSA) is 42.0 Å². The second kappa shape index (κ2) is 8.19. The van der Waals surface area contributed by atoms with Crippen molar-refractivity contribution in [1.29, 1.82) is 0 Å². The molecule has 1 fully saturated rings. The van der Waals surface area contributed by atoms with Crippen LogP contribution in [0.5, 0.6) is 5.75 Å². The number of hydrogen-bond acceptors (Lipinski definition) is 5. The minimum atomic E-state index is -0.383. The number of fused-ring (bicyclic) bond motifs is 1. The summed E-state index contributed by atoms with van der Waals surface area (Å²) in [5.74, 6) is 0.314. The van der Waals surface area contributed by atoms with E-state index in [4.69, 9.17) is 32.7 Å². The van der Waals surface area contributed by atoms with Crippen LogP contribution in [-0.4, -0.2) is 30.7 Å². The van der Waals surface area contributed by atoms with Crippen molar-refractivity contribution in [2.75, 3.05) is 24.7 Å². The number of rotatable bonds is 5. The number of carbonyl (C=O) groups excluding carboxylic acids is 1. The highest BCUT2D eigenvalue weighted by atomic mass is 35.5. The van der Waals surface area contributed by atoms with Gasteiger partial charge in [-0.2, -0.15) is 0 Å². The van der Waals surface area contributed by atoms with E-state index in [9.17, 15) is 4.79 Å². The Morgan fingerprint density at radius 1 is 1.14 bits per heavy atom. The maximum Gasteiger partial charge on any atom is 0.338 e. The van der Waals surface area contributed by atoms with Gasteiger partial charge in [-0.25, -0.2) is 9.80 Å². The molecule has 0 N–H and O–H groups in total. The summed E-state index contributed by atoms with van der Waals surface area (Å²) in [5.41, 5.74) is 2.28. The standard InChI is InChI=1S/C21H22Cl2N2O3/c1-2-9-27-21(26)14-5-6-18-19(12-14)28-20(25(18)24-7-3-4-8-24)15-10-16(22)13-17(23)11-15/h5-6,10-13,20H,2-4,7-9H2,1H3. The summed E-state index contributed by atoms with van der Waals surface area (Å²) in [6.07, 6.45) is 2.67. The van der Waals surface area contributed by atoms with Crippen LogP contribution < -0.4 is 9.75 Å². The average molecular weight is 421 g/mol. The van der Waals surface area contributed by atoms with E-state index >= 15 is 0 Å². The lowest BCUT2D eigenvalue weighted by atomic mass is 10.1. The molecule has 2 aromatic rings. The maximum atomic E-state index is 12.2. The third kappa shape index (κ3) is 3.79. The second-order valence-electron chi connectivity index (χ2n) is 7.00. The number of anilines is 1. The molecule has 1 atom stereocenters. The third-order valence-corrected chi connectivity index (χ3v) is 5.33. The van der Waals surface area contributed by atoms with Crippen LogP contribution in [0.3, 0.4) is 0 Å². The summed E-state index contributed by atoms with van der Waals surface area (Å²) in [6, 6.07) is 10.9. The molecule has 5 nitrogen and oxygen atoms in total. The predicted molar refractivity (Wildman–Crippen MR) is 110 cm³/mol. The fourth-order valence-corrected chi connectivity index (χ4v) is 4.19. The normalized spacial score (nSPS) is 18.8. The Bertz CT molecular complexity index is 864. The van der Waals surface area contributed by atoms with E-state index in [1.165, 1.54) is 0 Å². The van der Waals surface area contributed by atoms with Gasteiger partial charge in [-0.05, 0) is 55.7 Å². The lowest BCUT2D eigenvalue weighted by Crippen LogP contribution is -2.42. The smallest absolute Gasteiger partial charge is 0.338 e. The predicted octanol–water partition coefficient (Wildman–Crippen LogP) is 5.47. The highest BCUT2D eigenvalue weighted by molar-refractivity contribution is 6.34. The summed E-state index contributed by atoms with van der Waals surface area (Å²) in [4.78, 5) is 12.2. The Balaban J connectivity index is 1.70. The molecule has 2 aromatic carbocycles. The van der Waals surface area contributed by atoms with Gasteiger partial charge < -0.3 is 9.47 Å². The number of halogens is 2. The molecule has 0 amide bonds. The molecule has 0 aliphatic carbocycles. The van der Waals surface area contributed by atoms with Gasteiger partial charge in [0.25, 0.3) is 0 Å². The molecule has 2 heterocycles. The Labute approximate surface area is 174 Å². The van der Waals surface area contributed by atoms with Crippen molar-refractivity contribution in [1.82, 2.24) is 5.01 Å². The van der Waals surface area contributed by atoms with Crippen molar-refractivity contribution in [3.63, 3.8) is 0 Å². The molecule has 1 saturated heterocycles. The Kier molecular flexibility index (Phi) is 5.67. The Hall–Kier alpha value is -1.95. The fourth-order valence-electron chi connectivity index (χ4n) is 3.64. The molecule has 4 rings (SSSR count). The van der Waals surface area contributed by atoms with Crippen LogP contribution in [0.2, 0.25) is 10.0 Å². The molecule has 2 aliphatic heterocycles. The number of esters is 1. The molecule has 0 spiro atoms. The first-order valence-electron chi connectivity index (χ1n) is 9.54. The Morgan fingerprint density at radius 2 is 1.86 bits per heavy atom. The van der Waals surface area contributed by atoms with Crippen LogP contribution in [0.1, 0.15) is 48.3 Å². The molecule has 0 radical (unpaired) electrons. The first-order valence-corrected chi connectivity index (χ1v) is 10.3. The van der Waals surface area contributed by atoms with Crippen molar-refractivity contribution in [2.24, 2.45) is 0 Å². The monoisotopic (exact) mass is 420 g/mol. The summed E-state index contributed by atoms with van der Waals surface area (Å²) in [7, 11) is 0. The van der Waals surface area contributed by atoms with Crippen LogP contribution in [0.25, 0.3) is 0 Å². The number of carbonyl (C=O) groups is 1. The minimum Gasteiger partial charge on any atom is -0.463 e. The van der Waals surface area contributed by atoms with E-state index in [1.807, 2.05) is 25.1 Å². The van der Waals surface area contributed by atoms with Crippen molar-refractivity contribution in [3.05, 3.63) is 57.6 Å². The minimum absolute atomic E-state index is 0.338. The van der Waals surface area contributed by atoms with E-state index in [0.717, 1.165) is 43.6 Å². The summed E-state index contributed by atoms with van der Waals surface area (Å²) >= 11 is 12.5. The van der Waals surface area contributed by atoms with Crippen LogP contribution in [0, 0.1) is 0 Å². The lowest BCUT2D eigenvalue weighted by Gasteiger charge is -2.33. The summed E-state index contributed by atoms with van der Waals surface area (Å²) in [6.45, 7) is 4.27. The van der Waals surface area contributed by atoms with Gasteiger partial charge in [0.2, 0.25) is 6.23 Å². The van der Waals surface area contributed by atoms with Crippen molar-refractivity contribution in [3.8, 4) is 5.75 Å². The first kappa shape index (κ1) is 19.4. The molecular weight excluding hydrogens is 399 g/mol. The van der Waals surface area contributed by atoms with E-state index in [2.05, 4.69) is 10.0 Å². The molecular formula is C21H22Cl2N2O3. The van der Waals surface area contributed by atoms with Crippen LogP contribution in [0.4, 0.5) is 5.69 Å². The van der Waals surface area contributed by atoms with Crippen molar-refractivity contribution in [2.45, 2.75) is 32.4 Å². The average Bonchev–Trinajstić information content (AvgIpc) is 3.31. The molecule has 0 bridgehead atoms. The molecule has 148 valence electrons. The van der Waals surface area contributed by atoms with Gasteiger partial charge in [0, 0.05) is 28.7 Å². The van der Waals surface area contributed by atoms with Crippen LogP contribution in [0.15, 0.2) is 36.4 Å². The first-order chi connectivity index (χ1) is 13.6. The van der Waals surface area contributed by atoms with E-state index in [1.54, 1.807) is 18.2 Å². The van der Waals surface area contributed by atoms with E-state index in [-0.39, 0.29) is 12.2 Å². The highest BCUT2D eigenvalue weighted by Crippen LogP contribution is 2.46. The second-order valence-corrected chi connectivity index (χ2v) is 7.87. The van der Waals surface area contributed by atoms with Gasteiger partial charge in [0.1, 0.15) is 5.75 Å². The number of ether oxygens (including phenoxy) is 2. The highest BCUT2D eigenvalue weighted by Gasteiger charge is 2.38. The van der Waals surface area contributed by atoms with Gasteiger partial charge in [-0.15, -0.1) is 0 Å². The number of hydrazine groups is 1. The van der Waals surface area contributed by atoms with Gasteiger partial charge in [0.05, 0.1) is 17.9 Å².